The molecule has 0 aromatic heterocycles. The summed E-state index contributed by atoms with van der Waals surface area (Å²) in [5.41, 5.74) is 0.685. The summed E-state index contributed by atoms with van der Waals surface area (Å²) in [4.78, 5) is 11.4. The van der Waals surface area contributed by atoms with Crippen molar-refractivity contribution in [3.8, 4) is 0 Å². The highest BCUT2D eigenvalue weighted by Gasteiger charge is 2.48. The molecule has 16 heavy (non-hydrogen) atoms. The number of aryl methyl sites for hydroxylation is 2. The molecule has 1 aromatic rings. The highest BCUT2D eigenvalue weighted by atomic mass is 19.1. The van der Waals surface area contributed by atoms with Gasteiger partial charge in [0.2, 0.25) is 0 Å². The van der Waals surface area contributed by atoms with Crippen LogP contribution in [0.25, 0.3) is 0 Å². The number of hydrogen-bond acceptors (Lipinski definition) is 1. The zero-order chi connectivity index (χ0) is 11.9. The maximum atomic E-state index is 14.1. The number of aliphatic carboxylic acids is 1. The van der Waals surface area contributed by atoms with Crippen LogP contribution in [0.4, 0.5) is 4.39 Å². The van der Waals surface area contributed by atoms with Gasteiger partial charge in [-0.1, -0.05) is 18.6 Å². The van der Waals surface area contributed by atoms with Crippen molar-refractivity contribution in [2.75, 3.05) is 0 Å². The molecule has 0 spiro atoms. The molecular formula is C13H15FO2. The summed E-state index contributed by atoms with van der Waals surface area (Å²) in [6, 6.07) is 3.50. The van der Waals surface area contributed by atoms with E-state index in [-0.39, 0.29) is 5.82 Å². The predicted octanol–water partition coefficient (Wildman–Crippen LogP) is 2.95. The SMILES string of the molecule is Cc1ccc(C)c(C2(C(=O)O)CCC2)c1F. The van der Waals surface area contributed by atoms with Crippen LogP contribution in [0.1, 0.15) is 36.0 Å². The normalized spacial score (nSPS) is 17.9. The van der Waals surface area contributed by atoms with Gasteiger partial charge in [0.1, 0.15) is 5.82 Å². The number of rotatable bonds is 2. The van der Waals surface area contributed by atoms with Gasteiger partial charge < -0.3 is 5.11 Å². The van der Waals surface area contributed by atoms with Crippen LogP contribution in [0.2, 0.25) is 0 Å². The summed E-state index contributed by atoms with van der Waals surface area (Å²) in [5, 5.41) is 9.31. The van der Waals surface area contributed by atoms with Gasteiger partial charge in [0.25, 0.3) is 0 Å². The van der Waals surface area contributed by atoms with E-state index in [4.69, 9.17) is 0 Å². The van der Waals surface area contributed by atoms with Gasteiger partial charge in [-0.2, -0.15) is 0 Å². The Balaban J connectivity index is 2.63. The highest BCUT2D eigenvalue weighted by Crippen LogP contribution is 2.46. The van der Waals surface area contributed by atoms with Crippen molar-refractivity contribution in [2.45, 2.75) is 38.5 Å². The molecular weight excluding hydrogens is 207 g/mol. The average Bonchev–Trinajstić information content (AvgIpc) is 2.15. The molecule has 0 atom stereocenters. The van der Waals surface area contributed by atoms with Crippen molar-refractivity contribution in [3.63, 3.8) is 0 Å². The largest absolute Gasteiger partial charge is 0.481 e. The molecule has 0 unspecified atom stereocenters. The average molecular weight is 222 g/mol. The molecule has 3 heteroatoms. The minimum absolute atomic E-state index is 0.345. The van der Waals surface area contributed by atoms with Crippen LogP contribution >= 0.6 is 0 Å². The Morgan fingerprint density at radius 3 is 2.31 bits per heavy atom. The van der Waals surface area contributed by atoms with Gasteiger partial charge in [-0.05, 0) is 37.8 Å². The topological polar surface area (TPSA) is 37.3 Å². The molecule has 86 valence electrons. The van der Waals surface area contributed by atoms with Crippen molar-refractivity contribution in [1.29, 1.82) is 0 Å². The zero-order valence-electron chi connectivity index (χ0n) is 9.51. The molecule has 0 saturated heterocycles. The van der Waals surface area contributed by atoms with Gasteiger partial charge >= 0.3 is 5.97 Å². The Labute approximate surface area is 94.1 Å². The summed E-state index contributed by atoms with van der Waals surface area (Å²) < 4.78 is 14.1. The minimum atomic E-state index is -0.972. The number of benzene rings is 1. The Hall–Kier alpha value is -1.38. The number of carboxylic acid groups (broad SMARTS) is 1. The lowest BCUT2D eigenvalue weighted by atomic mass is 9.63. The first-order valence-corrected chi connectivity index (χ1v) is 5.48. The molecule has 1 aliphatic carbocycles. The fourth-order valence-electron chi connectivity index (χ4n) is 2.47. The van der Waals surface area contributed by atoms with Crippen molar-refractivity contribution in [1.82, 2.24) is 0 Å². The summed E-state index contributed by atoms with van der Waals surface area (Å²) >= 11 is 0. The van der Waals surface area contributed by atoms with Crippen LogP contribution in [0.5, 0.6) is 0 Å². The van der Waals surface area contributed by atoms with E-state index in [1.807, 2.05) is 0 Å². The summed E-state index contributed by atoms with van der Waals surface area (Å²) in [6.45, 7) is 3.45. The van der Waals surface area contributed by atoms with E-state index >= 15 is 0 Å². The molecule has 0 radical (unpaired) electrons. The third-order valence-electron chi connectivity index (χ3n) is 3.64. The summed E-state index contributed by atoms with van der Waals surface area (Å²) in [6.07, 6.45) is 1.95. The van der Waals surface area contributed by atoms with E-state index in [1.54, 1.807) is 26.0 Å². The molecule has 0 aliphatic heterocycles. The first-order valence-electron chi connectivity index (χ1n) is 5.48. The predicted molar refractivity (Wildman–Crippen MR) is 59.0 cm³/mol. The van der Waals surface area contributed by atoms with E-state index in [0.717, 1.165) is 12.0 Å². The molecule has 2 nitrogen and oxygen atoms in total. The van der Waals surface area contributed by atoms with Gasteiger partial charge in [-0.3, -0.25) is 4.79 Å². The van der Waals surface area contributed by atoms with E-state index in [2.05, 4.69) is 0 Å². The van der Waals surface area contributed by atoms with Gasteiger partial charge in [-0.15, -0.1) is 0 Å². The fraction of sp³-hybridized carbons (Fsp3) is 0.462. The van der Waals surface area contributed by atoms with Crippen LogP contribution in [0.3, 0.4) is 0 Å². The van der Waals surface area contributed by atoms with Crippen molar-refractivity contribution < 1.29 is 14.3 Å². The third kappa shape index (κ3) is 1.34. The third-order valence-corrected chi connectivity index (χ3v) is 3.64. The first kappa shape index (κ1) is 11.1. The lowest BCUT2D eigenvalue weighted by Gasteiger charge is -2.39. The van der Waals surface area contributed by atoms with Crippen LogP contribution in [-0.2, 0) is 10.2 Å². The van der Waals surface area contributed by atoms with E-state index < -0.39 is 11.4 Å². The molecule has 1 saturated carbocycles. The van der Waals surface area contributed by atoms with Gasteiger partial charge in [0.15, 0.2) is 0 Å². The van der Waals surface area contributed by atoms with Crippen LogP contribution in [-0.4, -0.2) is 11.1 Å². The van der Waals surface area contributed by atoms with Gasteiger partial charge in [0, 0.05) is 5.56 Å². The second-order valence-corrected chi connectivity index (χ2v) is 4.63. The molecule has 1 aliphatic rings. The molecule has 0 heterocycles. The zero-order valence-corrected chi connectivity index (χ0v) is 9.51. The lowest BCUT2D eigenvalue weighted by Crippen LogP contribution is -2.43. The Morgan fingerprint density at radius 1 is 1.31 bits per heavy atom. The number of hydrogen-bond donors (Lipinski definition) is 1. The summed E-state index contributed by atoms with van der Waals surface area (Å²) in [5.74, 6) is -1.24. The quantitative estimate of drug-likeness (QED) is 0.835. The minimum Gasteiger partial charge on any atom is -0.481 e. The van der Waals surface area contributed by atoms with Gasteiger partial charge in [0.05, 0.1) is 5.41 Å². The van der Waals surface area contributed by atoms with Crippen LogP contribution < -0.4 is 0 Å². The first-order chi connectivity index (χ1) is 7.49. The fourth-order valence-corrected chi connectivity index (χ4v) is 2.47. The highest BCUT2D eigenvalue weighted by molar-refractivity contribution is 5.83. The number of carboxylic acids is 1. The molecule has 0 bridgehead atoms. The van der Waals surface area contributed by atoms with Gasteiger partial charge in [-0.25, -0.2) is 4.39 Å². The molecule has 0 amide bonds. The Kier molecular flexibility index (Phi) is 2.49. The second-order valence-electron chi connectivity index (χ2n) is 4.63. The molecule has 1 N–H and O–H groups in total. The lowest BCUT2D eigenvalue weighted by molar-refractivity contribution is -0.147. The Bertz CT molecular complexity index is 447. The smallest absolute Gasteiger partial charge is 0.314 e. The number of halogens is 1. The van der Waals surface area contributed by atoms with Crippen LogP contribution in [0, 0.1) is 19.7 Å². The maximum absolute atomic E-state index is 14.1. The van der Waals surface area contributed by atoms with Crippen molar-refractivity contribution in [2.24, 2.45) is 0 Å². The molecule has 2 rings (SSSR count). The van der Waals surface area contributed by atoms with Crippen molar-refractivity contribution in [3.05, 3.63) is 34.6 Å². The van der Waals surface area contributed by atoms with Crippen molar-refractivity contribution >= 4 is 5.97 Å². The van der Waals surface area contributed by atoms with E-state index in [1.165, 1.54) is 0 Å². The molecule has 1 fully saturated rings. The van der Waals surface area contributed by atoms with E-state index in [9.17, 15) is 14.3 Å². The Morgan fingerprint density at radius 2 is 1.88 bits per heavy atom. The summed E-state index contributed by atoms with van der Waals surface area (Å²) in [7, 11) is 0. The molecule has 1 aromatic carbocycles. The standard InChI is InChI=1S/C13H15FO2/c1-8-4-5-9(2)11(14)10(8)13(12(15)16)6-3-7-13/h4-5H,3,6-7H2,1-2H3,(H,15,16). The monoisotopic (exact) mass is 222 g/mol. The number of carbonyl (C=O) groups is 1. The van der Waals surface area contributed by atoms with Crippen LogP contribution in [0.15, 0.2) is 12.1 Å². The van der Waals surface area contributed by atoms with E-state index in [0.29, 0.717) is 24.0 Å². The second kappa shape index (κ2) is 3.58. The maximum Gasteiger partial charge on any atom is 0.314 e.